The van der Waals surface area contributed by atoms with Crippen LogP contribution in [0.3, 0.4) is 0 Å². The van der Waals surface area contributed by atoms with Crippen LogP contribution >= 0.6 is 28.5 Å². The number of halogens is 2. The standard InChI is InChI=1S/C9H8Cl2N3O2P/c1-6-2-4-7(5-3-6)8-12-13-9(16-8)14-17(10,11)15/h2-5H,1H3,(H,13,14,15). The van der Waals surface area contributed by atoms with Gasteiger partial charge in [0.15, 0.2) is 0 Å². The summed E-state index contributed by atoms with van der Waals surface area (Å²) in [7, 11) is 0. The summed E-state index contributed by atoms with van der Waals surface area (Å²) in [5.74, 6) is -3.18. The molecule has 0 spiro atoms. The Kier molecular flexibility index (Phi) is 3.43. The van der Waals surface area contributed by atoms with Crippen molar-refractivity contribution in [2.75, 3.05) is 5.09 Å². The Morgan fingerprint density at radius 2 is 1.88 bits per heavy atom. The van der Waals surface area contributed by atoms with E-state index in [-0.39, 0.29) is 6.01 Å². The van der Waals surface area contributed by atoms with Crippen molar-refractivity contribution in [1.29, 1.82) is 0 Å². The molecule has 1 heterocycles. The van der Waals surface area contributed by atoms with E-state index in [9.17, 15) is 4.57 Å². The van der Waals surface area contributed by atoms with E-state index in [0.717, 1.165) is 11.1 Å². The van der Waals surface area contributed by atoms with Gasteiger partial charge in [0.05, 0.1) is 0 Å². The average molecular weight is 292 g/mol. The molecule has 1 aromatic heterocycles. The molecule has 2 aromatic rings. The number of rotatable bonds is 3. The summed E-state index contributed by atoms with van der Waals surface area (Å²) in [6.45, 7) is 1.97. The predicted octanol–water partition coefficient (Wildman–Crippen LogP) is 4.04. The third-order valence-corrected chi connectivity index (χ3v) is 2.91. The van der Waals surface area contributed by atoms with Crippen LogP contribution in [0.1, 0.15) is 5.56 Å². The van der Waals surface area contributed by atoms with Crippen LogP contribution in [0.4, 0.5) is 6.01 Å². The van der Waals surface area contributed by atoms with Crippen molar-refractivity contribution in [2.24, 2.45) is 0 Å². The number of nitrogens with zero attached hydrogens (tertiary/aromatic N) is 2. The van der Waals surface area contributed by atoms with Crippen LogP contribution in [-0.2, 0) is 4.57 Å². The van der Waals surface area contributed by atoms with Crippen LogP contribution in [-0.4, -0.2) is 10.2 Å². The van der Waals surface area contributed by atoms with Crippen molar-refractivity contribution in [1.82, 2.24) is 10.2 Å². The molecule has 0 aliphatic carbocycles. The zero-order valence-electron chi connectivity index (χ0n) is 8.72. The SMILES string of the molecule is Cc1ccc(-c2nnc(NP(=O)(Cl)Cl)o2)cc1. The number of hydrogen-bond acceptors (Lipinski definition) is 4. The van der Waals surface area contributed by atoms with Crippen LogP contribution in [0.2, 0.25) is 0 Å². The summed E-state index contributed by atoms with van der Waals surface area (Å²) in [6, 6.07) is 7.44. The van der Waals surface area contributed by atoms with Crippen molar-refractivity contribution in [3.8, 4) is 11.5 Å². The summed E-state index contributed by atoms with van der Waals surface area (Å²) < 4.78 is 16.3. The first kappa shape index (κ1) is 12.4. The maximum absolute atomic E-state index is 11.1. The third kappa shape index (κ3) is 3.46. The number of aromatic nitrogens is 2. The lowest BCUT2D eigenvalue weighted by atomic mass is 10.1. The molecule has 0 bridgehead atoms. The minimum atomic E-state index is -3.48. The summed E-state index contributed by atoms with van der Waals surface area (Å²) >= 11 is 10.7. The van der Waals surface area contributed by atoms with Gasteiger partial charge in [-0.05, 0) is 41.5 Å². The molecule has 0 fully saturated rings. The number of benzene rings is 1. The van der Waals surface area contributed by atoms with Gasteiger partial charge < -0.3 is 4.42 Å². The second-order valence-corrected chi connectivity index (χ2v) is 7.88. The second-order valence-electron chi connectivity index (χ2n) is 3.35. The molecule has 90 valence electrons. The van der Waals surface area contributed by atoms with E-state index < -0.39 is 6.00 Å². The third-order valence-electron chi connectivity index (χ3n) is 1.95. The molecule has 0 radical (unpaired) electrons. The molecule has 2 rings (SSSR count). The Labute approximate surface area is 107 Å². The first-order chi connectivity index (χ1) is 7.94. The van der Waals surface area contributed by atoms with Gasteiger partial charge in [-0.2, -0.15) is 0 Å². The largest absolute Gasteiger partial charge is 0.403 e. The van der Waals surface area contributed by atoms with Gasteiger partial charge in [-0.1, -0.05) is 22.8 Å². The highest BCUT2D eigenvalue weighted by molar-refractivity contribution is 8.09. The molecule has 5 nitrogen and oxygen atoms in total. The molecule has 0 amide bonds. The highest BCUT2D eigenvalue weighted by Gasteiger charge is 2.17. The van der Waals surface area contributed by atoms with Crippen molar-refractivity contribution >= 4 is 34.5 Å². The Morgan fingerprint density at radius 1 is 1.24 bits per heavy atom. The zero-order valence-corrected chi connectivity index (χ0v) is 11.1. The van der Waals surface area contributed by atoms with Gasteiger partial charge in [-0.25, -0.2) is 0 Å². The first-order valence-corrected chi connectivity index (χ1v) is 8.14. The van der Waals surface area contributed by atoms with Crippen molar-refractivity contribution < 1.29 is 8.98 Å². The van der Waals surface area contributed by atoms with Crippen LogP contribution < -0.4 is 5.09 Å². The maximum Gasteiger partial charge on any atom is 0.346 e. The van der Waals surface area contributed by atoms with Gasteiger partial charge in [-0.15, -0.1) is 5.10 Å². The Morgan fingerprint density at radius 3 is 2.47 bits per heavy atom. The molecular weight excluding hydrogens is 284 g/mol. The lowest BCUT2D eigenvalue weighted by Crippen LogP contribution is -1.85. The smallest absolute Gasteiger partial charge is 0.346 e. The van der Waals surface area contributed by atoms with E-state index in [2.05, 4.69) is 15.3 Å². The number of aryl methyl sites for hydroxylation is 1. The highest BCUT2D eigenvalue weighted by atomic mass is 35.9. The molecule has 1 N–H and O–H groups in total. The van der Waals surface area contributed by atoms with Gasteiger partial charge in [-0.3, -0.25) is 9.65 Å². The Balaban J connectivity index is 2.24. The van der Waals surface area contributed by atoms with E-state index in [1.54, 1.807) is 0 Å². The lowest BCUT2D eigenvalue weighted by molar-refractivity contribution is 0.579. The maximum atomic E-state index is 11.1. The second kappa shape index (κ2) is 4.69. The number of anilines is 1. The van der Waals surface area contributed by atoms with Crippen LogP contribution in [0.5, 0.6) is 0 Å². The molecule has 0 saturated heterocycles. The Hall–Kier alpha value is -1.03. The number of nitrogens with one attached hydrogen (secondary N) is 1. The van der Waals surface area contributed by atoms with Crippen LogP contribution in [0.15, 0.2) is 28.7 Å². The van der Waals surface area contributed by atoms with Gasteiger partial charge in [0.25, 0.3) is 0 Å². The Bertz CT molecular complexity index is 564. The molecule has 0 saturated carbocycles. The minimum absolute atomic E-state index is 0.0751. The van der Waals surface area contributed by atoms with Crippen molar-refractivity contribution in [2.45, 2.75) is 6.92 Å². The average Bonchev–Trinajstić information content (AvgIpc) is 2.64. The molecule has 0 unspecified atom stereocenters. The summed E-state index contributed by atoms with van der Waals surface area (Å²) in [4.78, 5) is 0. The molecule has 0 aliphatic rings. The van der Waals surface area contributed by atoms with Gasteiger partial charge in [0, 0.05) is 5.56 Å². The first-order valence-electron chi connectivity index (χ1n) is 4.62. The summed E-state index contributed by atoms with van der Waals surface area (Å²) in [6.07, 6.45) is 0. The molecule has 1 aromatic carbocycles. The molecule has 0 aliphatic heterocycles. The quantitative estimate of drug-likeness (QED) is 0.864. The predicted molar refractivity (Wildman–Crippen MR) is 67.4 cm³/mol. The van der Waals surface area contributed by atoms with E-state index in [0.29, 0.717) is 5.89 Å². The van der Waals surface area contributed by atoms with Crippen LogP contribution in [0.25, 0.3) is 11.5 Å². The van der Waals surface area contributed by atoms with Gasteiger partial charge in [0.2, 0.25) is 5.89 Å². The van der Waals surface area contributed by atoms with Crippen molar-refractivity contribution in [3.05, 3.63) is 29.8 Å². The van der Waals surface area contributed by atoms with Crippen molar-refractivity contribution in [3.63, 3.8) is 0 Å². The molecule has 0 atom stereocenters. The van der Waals surface area contributed by atoms with E-state index >= 15 is 0 Å². The summed E-state index contributed by atoms with van der Waals surface area (Å²) in [5.41, 5.74) is 1.88. The zero-order chi connectivity index (χ0) is 12.5. The topological polar surface area (TPSA) is 68.0 Å². The highest BCUT2D eigenvalue weighted by Crippen LogP contribution is 2.55. The van der Waals surface area contributed by atoms with Gasteiger partial charge in [0.1, 0.15) is 0 Å². The van der Waals surface area contributed by atoms with Gasteiger partial charge >= 0.3 is 12.0 Å². The fourth-order valence-corrected chi connectivity index (χ4v) is 1.94. The lowest BCUT2D eigenvalue weighted by Gasteiger charge is -1.99. The monoisotopic (exact) mass is 291 g/mol. The fraction of sp³-hybridized carbons (Fsp3) is 0.111. The van der Waals surface area contributed by atoms with E-state index in [1.165, 1.54) is 0 Å². The normalized spacial score (nSPS) is 11.5. The van der Waals surface area contributed by atoms with Crippen LogP contribution in [0, 0.1) is 6.92 Å². The molecule has 17 heavy (non-hydrogen) atoms. The number of hydrogen-bond donors (Lipinski definition) is 1. The minimum Gasteiger partial charge on any atom is -0.403 e. The van der Waals surface area contributed by atoms with E-state index in [4.69, 9.17) is 26.9 Å². The molecular formula is C9H8Cl2N3O2P. The van der Waals surface area contributed by atoms with E-state index in [1.807, 2.05) is 31.2 Å². The fourth-order valence-electron chi connectivity index (χ4n) is 1.19. The summed E-state index contributed by atoms with van der Waals surface area (Å²) in [5, 5.41) is 9.64. The molecule has 8 heteroatoms.